The van der Waals surface area contributed by atoms with Gasteiger partial charge in [-0.3, -0.25) is 0 Å². The van der Waals surface area contributed by atoms with Crippen molar-refractivity contribution in [2.75, 3.05) is 26.2 Å². The Balaban J connectivity index is 0.000000342. The molecule has 13 nitrogen and oxygen atoms in total. The zero-order chi connectivity index (χ0) is 32.7. The Morgan fingerprint density at radius 3 is 1.26 bits per heavy atom. The van der Waals surface area contributed by atoms with Gasteiger partial charge in [0.05, 0.1) is 11.4 Å². The molecule has 1 fully saturated rings. The standard InChI is InChI=1S/C20H24Cl2N10.C6H2Br4O2.Bi.H2O/c21-13-1-5-15(6-2-13)27-17(23)29-19(25)31-9-11-32(12-10-31)20(26)30-18(24)28-16-7-3-14(22)4-8-16;7-1-2(8)4(10)6(12)5(11)3(1)9;;/h1-8H,9-12H2,(H4,23,25,27,29)(H4,24,26,28,30);11-12H;;1H2/q;;+2;/p-2. The minimum atomic E-state index is -1.23. The van der Waals surface area contributed by atoms with Crippen LogP contribution in [-0.4, -0.2) is 89.4 Å². The number of halogens is 6. The number of piperazine rings is 1. The van der Waals surface area contributed by atoms with E-state index in [-0.39, 0.29) is 29.3 Å². The second-order valence-corrected chi connectivity index (χ2v) is 15.0. The number of nitrogens with two attached hydrogens (primary N) is 4. The first-order valence-corrected chi connectivity index (χ1v) is 19.5. The molecule has 0 aromatic heterocycles. The molecule has 0 spiro atoms. The van der Waals surface area contributed by atoms with Crippen LogP contribution in [0.5, 0.6) is 11.5 Å². The van der Waals surface area contributed by atoms with E-state index >= 15 is 0 Å². The minimum Gasteiger partial charge on any atom is -0.412 e. The van der Waals surface area contributed by atoms with Crippen LogP contribution in [0.4, 0.5) is 11.4 Å². The molecular weight excluding hydrogens is 1100 g/mol. The van der Waals surface area contributed by atoms with Crippen LogP contribution in [-0.2, 0) is 0 Å². The smallest absolute Gasteiger partial charge is 0.223 e. The molecule has 3 aromatic carbocycles. The number of guanidine groups is 4. The Hall–Kier alpha value is -1.92. The van der Waals surface area contributed by atoms with Crippen molar-refractivity contribution in [1.82, 2.24) is 9.80 Å². The van der Waals surface area contributed by atoms with E-state index in [4.69, 9.17) is 51.8 Å². The van der Waals surface area contributed by atoms with Gasteiger partial charge in [0.2, 0.25) is 11.9 Å². The van der Waals surface area contributed by atoms with Crippen LogP contribution >= 0.6 is 86.9 Å². The molecule has 0 amide bonds. The predicted molar refractivity (Wildman–Crippen MR) is 200 cm³/mol. The quantitative estimate of drug-likeness (QED) is 0.0896. The van der Waals surface area contributed by atoms with E-state index in [1.54, 1.807) is 48.5 Å². The molecule has 2 aliphatic rings. The van der Waals surface area contributed by atoms with Crippen LogP contribution < -0.4 is 28.6 Å². The van der Waals surface area contributed by atoms with E-state index in [2.05, 4.69) is 83.7 Å². The summed E-state index contributed by atoms with van der Waals surface area (Å²) < 4.78 is 14.6. The molecule has 0 bridgehead atoms. The second-order valence-electron chi connectivity index (χ2n) is 8.98. The van der Waals surface area contributed by atoms with Crippen LogP contribution in [0.3, 0.4) is 0 Å². The molecule has 10 N–H and O–H groups in total. The van der Waals surface area contributed by atoms with Gasteiger partial charge in [0.15, 0.2) is 11.9 Å². The van der Waals surface area contributed by atoms with Crippen molar-refractivity contribution in [3.63, 3.8) is 0 Å². The third-order valence-corrected chi connectivity index (χ3v) is 13.2. The van der Waals surface area contributed by atoms with E-state index in [0.717, 1.165) is 29.4 Å². The third kappa shape index (κ3) is 10.5. The molecular formula is C26H26BiBr4Cl2N10O3. The van der Waals surface area contributed by atoms with Crippen LogP contribution in [0.2, 0.25) is 10.0 Å². The van der Waals surface area contributed by atoms with Gasteiger partial charge in [-0.05, 0) is 48.5 Å². The minimum absolute atomic E-state index is 0. The van der Waals surface area contributed by atoms with E-state index in [0.29, 0.717) is 47.6 Å². The van der Waals surface area contributed by atoms with Crippen molar-refractivity contribution in [2.45, 2.75) is 0 Å². The maximum absolute atomic E-state index is 6.09. The Morgan fingerprint density at radius 1 is 0.609 bits per heavy atom. The fraction of sp³-hybridized carbons (Fsp3) is 0.154. The molecule has 0 unspecified atom stereocenters. The number of benzene rings is 3. The summed E-state index contributed by atoms with van der Waals surface area (Å²) in [6, 6.07) is 13.8. The first kappa shape index (κ1) is 38.5. The molecule has 2 heterocycles. The van der Waals surface area contributed by atoms with E-state index in [9.17, 15) is 0 Å². The number of rotatable bonds is 2. The number of hydrogen-bond acceptors (Lipinski definition) is 4. The van der Waals surface area contributed by atoms with Gasteiger partial charge < -0.3 is 38.2 Å². The molecule has 245 valence electrons. The van der Waals surface area contributed by atoms with Crippen LogP contribution in [0, 0.1) is 0 Å². The molecule has 2 aliphatic heterocycles. The van der Waals surface area contributed by atoms with Gasteiger partial charge in [-0.15, -0.1) is 0 Å². The number of fused-ring (bicyclic) bond motifs is 1. The molecule has 3 aromatic rings. The van der Waals surface area contributed by atoms with E-state index in [1.165, 1.54) is 0 Å². The zero-order valence-corrected chi connectivity index (χ0v) is 34.8. The molecule has 5 rings (SSSR count). The van der Waals surface area contributed by atoms with Gasteiger partial charge in [0, 0.05) is 36.2 Å². The van der Waals surface area contributed by atoms with Crippen LogP contribution in [0.15, 0.2) is 86.4 Å². The fourth-order valence-electron chi connectivity index (χ4n) is 3.73. The van der Waals surface area contributed by atoms with Crippen molar-refractivity contribution in [1.29, 1.82) is 0 Å². The monoisotopic (exact) mass is 1120 g/mol. The van der Waals surface area contributed by atoms with Gasteiger partial charge in [0.1, 0.15) is 0 Å². The maximum atomic E-state index is 6.09. The summed E-state index contributed by atoms with van der Waals surface area (Å²) >= 11 is 24.3. The summed E-state index contributed by atoms with van der Waals surface area (Å²) in [5.74, 6) is 2.27. The summed E-state index contributed by atoms with van der Waals surface area (Å²) in [6.45, 7) is 2.31. The predicted octanol–water partition coefficient (Wildman–Crippen LogP) is 5.05. The van der Waals surface area contributed by atoms with Crippen molar-refractivity contribution in [2.24, 2.45) is 42.9 Å². The summed E-state index contributed by atoms with van der Waals surface area (Å²) in [5.41, 5.74) is 25.2. The van der Waals surface area contributed by atoms with Crippen molar-refractivity contribution < 1.29 is 11.1 Å². The summed E-state index contributed by atoms with van der Waals surface area (Å²) in [6.07, 6.45) is 0. The van der Waals surface area contributed by atoms with Gasteiger partial charge in [-0.2, -0.15) is 9.98 Å². The Bertz CT molecular complexity index is 1540. The van der Waals surface area contributed by atoms with Crippen molar-refractivity contribution >= 4 is 146 Å². The Labute approximate surface area is 321 Å². The molecule has 0 aliphatic carbocycles. The van der Waals surface area contributed by atoms with Gasteiger partial charge in [0.25, 0.3) is 0 Å². The number of nitrogens with zero attached hydrogens (tertiary/aromatic N) is 6. The number of aliphatic imine (C=N–C) groups is 4. The zero-order valence-electron chi connectivity index (χ0n) is 23.5. The van der Waals surface area contributed by atoms with Crippen molar-refractivity contribution in [3.8, 4) is 11.5 Å². The number of hydrogen-bond donors (Lipinski definition) is 4. The van der Waals surface area contributed by atoms with E-state index < -0.39 is 24.1 Å². The second kappa shape index (κ2) is 18.0. The summed E-state index contributed by atoms with van der Waals surface area (Å²) in [4.78, 5) is 20.5. The van der Waals surface area contributed by atoms with Crippen molar-refractivity contribution in [3.05, 3.63) is 76.5 Å². The normalized spacial score (nSPS) is 15.3. The van der Waals surface area contributed by atoms with Gasteiger partial charge in [-0.25, -0.2) is 9.98 Å². The third-order valence-electron chi connectivity index (χ3n) is 5.97. The maximum Gasteiger partial charge on any atom is 0.223 e. The van der Waals surface area contributed by atoms with Crippen LogP contribution in [0.25, 0.3) is 0 Å². The first-order chi connectivity index (χ1) is 21.4. The van der Waals surface area contributed by atoms with Gasteiger partial charge >= 0.3 is 123 Å². The topological polar surface area (TPSA) is 210 Å². The molecule has 0 saturated carbocycles. The SMILES string of the molecule is Brc1c(Br)c(Br)c2c(c1Br)[O][Bi][O]2.NC(=Nc1ccc(Cl)cc1)N=C(N)N1CCN(C(N)=NC(N)=Nc2ccc(Cl)cc2)CC1.O. The average molecular weight is 1130 g/mol. The van der Waals surface area contributed by atoms with E-state index in [1.807, 2.05) is 9.80 Å². The average Bonchev–Trinajstić information content (AvgIpc) is 3.52. The fourth-order valence-corrected chi connectivity index (χ4v) is 9.29. The first-order valence-electron chi connectivity index (χ1n) is 12.7. The molecule has 0 atom stereocenters. The van der Waals surface area contributed by atoms with Crippen LogP contribution in [0.1, 0.15) is 0 Å². The summed E-state index contributed by atoms with van der Waals surface area (Å²) in [5, 5.41) is 1.23. The molecule has 20 heteroatoms. The van der Waals surface area contributed by atoms with Gasteiger partial charge in [-0.1, -0.05) is 23.2 Å². The summed E-state index contributed by atoms with van der Waals surface area (Å²) in [7, 11) is 0. The largest absolute Gasteiger partial charge is 0.412 e. The Kier molecular flexibility index (Phi) is 15.1. The molecule has 1 radical (unpaired) electrons. The molecule has 46 heavy (non-hydrogen) atoms. The Morgan fingerprint density at radius 2 is 0.935 bits per heavy atom. The molecule has 1 saturated heterocycles.